The lowest BCUT2D eigenvalue weighted by Gasteiger charge is -2.13. The number of carbonyl (C=O) groups is 3. The SMILES string of the molecule is C[C@@H](OC(=O)CNC(=O)c1ccccc1)C(=O)Nc1ccc(Cl)cn1. The third-order valence-corrected chi connectivity index (χ3v) is 3.31. The van der Waals surface area contributed by atoms with Crippen molar-refractivity contribution >= 4 is 35.2 Å². The third kappa shape index (κ3) is 5.89. The molecule has 0 spiro atoms. The van der Waals surface area contributed by atoms with Crippen molar-refractivity contribution in [1.82, 2.24) is 10.3 Å². The number of pyridine rings is 1. The van der Waals surface area contributed by atoms with E-state index in [1.165, 1.54) is 19.2 Å². The van der Waals surface area contributed by atoms with Crippen LogP contribution < -0.4 is 10.6 Å². The number of nitrogens with zero attached hydrogens (tertiary/aromatic N) is 1. The number of anilines is 1. The van der Waals surface area contributed by atoms with Crippen LogP contribution in [0, 0.1) is 0 Å². The van der Waals surface area contributed by atoms with Gasteiger partial charge in [0.25, 0.3) is 11.8 Å². The van der Waals surface area contributed by atoms with E-state index in [4.69, 9.17) is 16.3 Å². The predicted octanol–water partition coefficient (Wildman–Crippen LogP) is 2.04. The highest BCUT2D eigenvalue weighted by Crippen LogP contribution is 2.10. The summed E-state index contributed by atoms with van der Waals surface area (Å²) in [5.74, 6) is -1.39. The summed E-state index contributed by atoms with van der Waals surface area (Å²) >= 11 is 5.71. The minimum atomic E-state index is -1.04. The first-order valence-corrected chi connectivity index (χ1v) is 7.78. The van der Waals surface area contributed by atoms with Gasteiger partial charge in [-0.25, -0.2) is 4.98 Å². The average Bonchev–Trinajstić information content (AvgIpc) is 2.62. The van der Waals surface area contributed by atoms with E-state index in [-0.39, 0.29) is 12.4 Å². The number of ether oxygens (including phenoxy) is 1. The van der Waals surface area contributed by atoms with Gasteiger partial charge in [-0.3, -0.25) is 14.4 Å². The Hall–Kier alpha value is -2.93. The minimum absolute atomic E-state index is 0.287. The number of benzene rings is 1. The van der Waals surface area contributed by atoms with Crippen LogP contribution in [0.5, 0.6) is 0 Å². The summed E-state index contributed by atoms with van der Waals surface area (Å²) < 4.78 is 4.97. The van der Waals surface area contributed by atoms with Crippen LogP contribution in [0.25, 0.3) is 0 Å². The van der Waals surface area contributed by atoms with Crippen molar-refractivity contribution in [3.05, 3.63) is 59.2 Å². The zero-order valence-electron chi connectivity index (χ0n) is 13.4. The summed E-state index contributed by atoms with van der Waals surface area (Å²) in [6, 6.07) is 11.5. The van der Waals surface area contributed by atoms with Gasteiger partial charge in [0.05, 0.1) is 5.02 Å². The number of esters is 1. The molecule has 1 aromatic heterocycles. The van der Waals surface area contributed by atoms with Crippen LogP contribution in [0.2, 0.25) is 5.02 Å². The molecule has 1 atom stereocenters. The molecular formula is C17H16ClN3O4. The maximum absolute atomic E-state index is 11.9. The molecule has 7 nitrogen and oxygen atoms in total. The van der Waals surface area contributed by atoms with Crippen molar-refractivity contribution in [2.45, 2.75) is 13.0 Å². The molecule has 0 bridgehead atoms. The molecule has 25 heavy (non-hydrogen) atoms. The Morgan fingerprint density at radius 2 is 1.88 bits per heavy atom. The molecule has 130 valence electrons. The molecular weight excluding hydrogens is 346 g/mol. The van der Waals surface area contributed by atoms with E-state index in [2.05, 4.69) is 15.6 Å². The van der Waals surface area contributed by atoms with Crippen LogP contribution in [0.3, 0.4) is 0 Å². The van der Waals surface area contributed by atoms with Gasteiger partial charge in [-0.1, -0.05) is 29.8 Å². The van der Waals surface area contributed by atoms with Crippen molar-refractivity contribution in [3.63, 3.8) is 0 Å². The highest BCUT2D eigenvalue weighted by molar-refractivity contribution is 6.30. The zero-order chi connectivity index (χ0) is 18.2. The Morgan fingerprint density at radius 3 is 2.52 bits per heavy atom. The summed E-state index contributed by atoms with van der Waals surface area (Å²) in [5, 5.41) is 5.36. The second kappa shape index (κ2) is 8.79. The smallest absolute Gasteiger partial charge is 0.326 e. The lowest BCUT2D eigenvalue weighted by molar-refractivity contribution is -0.152. The van der Waals surface area contributed by atoms with Crippen molar-refractivity contribution in [3.8, 4) is 0 Å². The fourth-order valence-corrected chi connectivity index (χ4v) is 1.93. The maximum atomic E-state index is 11.9. The van der Waals surface area contributed by atoms with E-state index in [0.717, 1.165) is 0 Å². The van der Waals surface area contributed by atoms with Gasteiger partial charge in [0, 0.05) is 11.8 Å². The second-order valence-electron chi connectivity index (χ2n) is 5.03. The summed E-state index contributed by atoms with van der Waals surface area (Å²) in [5.41, 5.74) is 0.426. The molecule has 1 aromatic carbocycles. The van der Waals surface area contributed by atoms with Crippen LogP contribution in [-0.4, -0.2) is 35.4 Å². The molecule has 8 heteroatoms. The summed E-state index contributed by atoms with van der Waals surface area (Å²) in [7, 11) is 0. The number of carbonyl (C=O) groups excluding carboxylic acids is 3. The molecule has 0 aliphatic carbocycles. The standard InChI is InChI=1S/C17H16ClN3O4/c1-11(16(23)21-14-8-7-13(18)9-19-14)25-15(22)10-20-17(24)12-5-3-2-4-6-12/h2-9,11H,10H2,1H3,(H,20,24)(H,19,21,23)/t11-/m1/s1. The number of nitrogens with one attached hydrogen (secondary N) is 2. The largest absolute Gasteiger partial charge is 0.451 e. The second-order valence-corrected chi connectivity index (χ2v) is 5.47. The fourth-order valence-electron chi connectivity index (χ4n) is 1.81. The van der Waals surface area contributed by atoms with Gasteiger partial charge in [-0.05, 0) is 31.2 Å². The van der Waals surface area contributed by atoms with Gasteiger partial charge in [0.1, 0.15) is 12.4 Å². The van der Waals surface area contributed by atoms with Gasteiger partial charge in [-0.2, -0.15) is 0 Å². The number of aromatic nitrogens is 1. The lowest BCUT2D eigenvalue weighted by atomic mass is 10.2. The van der Waals surface area contributed by atoms with Crippen molar-refractivity contribution in [1.29, 1.82) is 0 Å². The Bertz CT molecular complexity index is 750. The van der Waals surface area contributed by atoms with Gasteiger partial charge in [0.2, 0.25) is 0 Å². The molecule has 0 saturated carbocycles. The number of amides is 2. The molecule has 1 heterocycles. The highest BCUT2D eigenvalue weighted by Gasteiger charge is 2.18. The van der Waals surface area contributed by atoms with E-state index < -0.39 is 23.9 Å². The van der Waals surface area contributed by atoms with Crippen LogP contribution in [0.15, 0.2) is 48.7 Å². The average molecular weight is 362 g/mol. The van der Waals surface area contributed by atoms with Crippen LogP contribution >= 0.6 is 11.6 Å². The number of hydrogen-bond donors (Lipinski definition) is 2. The Labute approximate surface area is 149 Å². The molecule has 2 N–H and O–H groups in total. The first-order valence-electron chi connectivity index (χ1n) is 7.41. The molecule has 0 aliphatic heterocycles. The topological polar surface area (TPSA) is 97.4 Å². The van der Waals surface area contributed by atoms with E-state index in [1.807, 2.05) is 0 Å². The third-order valence-electron chi connectivity index (χ3n) is 3.09. The van der Waals surface area contributed by atoms with Gasteiger partial charge >= 0.3 is 5.97 Å². The van der Waals surface area contributed by atoms with E-state index in [1.54, 1.807) is 36.4 Å². The van der Waals surface area contributed by atoms with Crippen molar-refractivity contribution in [2.24, 2.45) is 0 Å². The molecule has 0 radical (unpaired) electrons. The fraction of sp³-hybridized carbons (Fsp3) is 0.176. The Morgan fingerprint density at radius 1 is 1.16 bits per heavy atom. The monoisotopic (exact) mass is 361 g/mol. The summed E-state index contributed by atoms with van der Waals surface area (Å²) in [6.07, 6.45) is 0.339. The normalized spacial score (nSPS) is 11.3. The number of rotatable bonds is 6. The summed E-state index contributed by atoms with van der Waals surface area (Å²) in [4.78, 5) is 39.4. The minimum Gasteiger partial charge on any atom is -0.451 e. The Balaban J connectivity index is 1.78. The van der Waals surface area contributed by atoms with Crippen molar-refractivity contribution in [2.75, 3.05) is 11.9 Å². The molecule has 0 saturated heterocycles. The van der Waals surface area contributed by atoms with E-state index in [9.17, 15) is 14.4 Å². The Kier molecular flexibility index (Phi) is 6.47. The number of halogens is 1. The van der Waals surface area contributed by atoms with Gasteiger partial charge < -0.3 is 15.4 Å². The molecule has 2 amide bonds. The van der Waals surface area contributed by atoms with Crippen LogP contribution in [-0.2, 0) is 14.3 Å². The van der Waals surface area contributed by atoms with Gasteiger partial charge in [0.15, 0.2) is 6.10 Å². The van der Waals surface area contributed by atoms with Crippen LogP contribution in [0.4, 0.5) is 5.82 Å². The van der Waals surface area contributed by atoms with E-state index in [0.29, 0.717) is 10.6 Å². The molecule has 0 unspecified atom stereocenters. The molecule has 2 aromatic rings. The van der Waals surface area contributed by atoms with Gasteiger partial charge in [-0.15, -0.1) is 0 Å². The summed E-state index contributed by atoms with van der Waals surface area (Å²) in [6.45, 7) is 1.08. The molecule has 0 fully saturated rings. The molecule has 2 rings (SSSR count). The zero-order valence-corrected chi connectivity index (χ0v) is 14.1. The number of hydrogen-bond acceptors (Lipinski definition) is 5. The molecule has 0 aliphatic rings. The highest BCUT2D eigenvalue weighted by atomic mass is 35.5. The maximum Gasteiger partial charge on any atom is 0.326 e. The lowest BCUT2D eigenvalue weighted by Crippen LogP contribution is -2.35. The van der Waals surface area contributed by atoms with Crippen molar-refractivity contribution < 1.29 is 19.1 Å². The van der Waals surface area contributed by atoms with Crippen LogP contribution in [0.1, 0.15) is 17.3 Å². The quantitative estimate of drug-likeness (QED) is 0.767. The van der Waals surface area contributed by atoms with E-state index >= 15 is 0 Å². The predicted molar refractivity (Wildman–Crippen MR) is 92.2 cm³/mol. The first kappa shape index (κ1) is 18.4. The first-order chi connectivity index (χ1) is 12.0.